The second-order valence-corrected chi connectivity index (χ2v) is 11.1. The van der Waals surface area contributed by atoms with E-state index >= 15 is 0 Å². The number of phosphoric acid groups is 1. The van der Waals surface area contributed by atoms with Crippen molar-refractivity contribution in [2.75, 3.05) is 13.2 Å². The zero-order valence-electron chi connectivity index (χ0n) is 20.4. The van der Waals surface area contributed by atoms with Crippen LogP contribution in [0.2, 0.25) is 0 Å². The molecule has 0 radical (unpaired) electrons. The number of allylic oxidation sites excluding steroid dienone is 1. The van der Waals surface area contributed by atoms with E-state index in [1.807, 2.05) is 30.3 Å². The van der Waals surface area contributed by atoms with Crippen LogP contribution in [0.1, 0.15) is 45.1 Å². The van der Waals surface area contributed by atoms with Gasteiger partial charge in [0.1, 0.15) is 12.2 Å². The first kappa shape index (κ1) is 26.7. The molecule has 3 aliphatic rings. The molecule has 0 aliphatic carbocycles. The number of amides is 1. The summed E-state index contributed by atoms with van der Waals surface area (Å²) in [6.07, 6.45) is -0.345. The van der Waals surface area contributed by atoms with Crippen LogP contribution in [0.15, 0.2) is 42.6 Å². The van der Waals surface area contributed by atoms with Crippen molar-refractivity contribution in [1.29, 1.82) is 0 Å². The third-order valence-electron chi connectivity index (χ3n) is 6.21. The van der Waals surface area contributed by atoms with Gasteiger partial charge in [-0.15, -0.1) is 0 Å². The molecule has 11 nitrogen and oxygen atoms in total. The molecule has 2 saturated heterocycles. The van der Waals surface area contributed by atoms with Gasteiger partial charge in [-0.25, -0.2) is 4.57 Å². The number of ether oxygens (including phenoxy) is 2. The summed E-state index contributed by atoms with van der Waals surface area (Å²) in [7, 11) is -4.05. The molecule has 0 saturated carbocycles. The minimum absolute atomic E-state index is 0.109. The predicted molar refractivity (Wildman–Crippen MR) is 126 cm³/mol. The third kappa shape index (κ3) is 5.61. The summed E-state index contributed by atoms with van der Waals surface area (Å²) in [4.78, 5) is 37.8. The molecular weight excluding hydrogens is 491 g/mol. The molecule has 6 atom stereocenters. The molecule has 36 heavy (non-hydrogen) atoms. The largest absolute Gasteiger partial charge is 0.475 e. The van der Waals surface area contributed by atoms with Crippen molar-refractivity contribution in [2.24, 2.45) is 5.73 Å². The lowest BCUT2D eigenvalue weighted by atomic mass is 9.92. The van der Waals surface area contributed by atoms with Crippen LogP contribution in [0.25, 0.3) is 0 Å². The Bertz CT molecular complexity index is 1070. The molecule has 2 N–H and O–H groups in total. The molecule has 0 aromatic heterocycles. The van der Waals surface area contributed by atoms with Crippen LogP contribution in [-0.4, -0.2) is 65.9 Å². The van der Waals surface area contributed by atoms with E-state index in [2.05, 4.69) is 0 Å². The van der Waals surface area contributed by atoms with Gasteiger partial charge in [-0.3, -0.25) is 32.9 Å². The summed E-state index contributed by atoms with van der Waals surface area (Å²) in [6, 6.07) is 9.10. The zero-order chi connectivity index (χ0) is 26.1. The number of carbonyl (C=O) groups is 3. The highest BCUT2D eigenvalue weighted by Gasteiger charge is 2.60. The lowest BCUT2D eigenvalue weighted by Gasteiger charge is -2.38. The molecule has 2 fully saturated rings. The molecule has 1 aromatic carbocycles. The quantitative estimate of drug-likeness (QED) is 0.307. The molecule has 0 bridgehead atoms. The number of hydrogen-bond donors (Lipinski definition) is 1. The van der Waals surface area contributed by atoms with Crippen LogP contribution >= 0.6 is 7.82 Å². The van der Waals surface area contributed by atoms with Crippen molar-refractivity contribution in [3.8, 4) is 0 Å². The van der Waals surface area contributed by atoms with Crippen LogP contribution < -0.4 is 5.73 Å². The number of esters is 1. The number of benzene rings is 1. The molecule has 0 spiro atoms. The maximum atomic E-state index is 13.3. The Balaban J connectivity index is 1.42. The van der Waals surface area contributed by atoms with E-state index in [1.165, 1.54) is 17.2 Å². The Labute approximate surface area is 209 Å². The molecular formula is C24H31N2O9P. The summed E-state index contributed by atoms with van der Waals surface area (Å²) in [5.41, 5.74) is 5.98. The van der Waals surface area contributed by atoms with Gasteiger partial charge in [0.2, 0.25) is 5.91 Å². The van der Waals surface area contributed by atoms with Crippen molar-refractivity contribution in [3.63, 3.8) is 0 Å². The first-order chi connectivity index (χ1) is 17.0. The number of carbonyl (C=O) groups excluding carboxylic acids is 3. The summed E-state index contributed by atoms with van der Waals surface area (Å²) < 4.78 is 41.3. The van der Waals surface area contributed by atoms with Gasteiger partial charge >= 0.3 is 13.8 Å². The monoisotopic (exact) mass is 522 g/mol. The molecule has 3 aliphatic heterocycles. The van der Waals surface area contributed by atoms with Gasteiger partial charge in [0, 0.05) is 6.20 Å². The maximum Gasteiger partial charge on any atom is 0.475 e. The highest BCUT2D eigenvalue weighted by atomic mass is 31.2. The van der Waals surface area contributed by atoms with Crippen LogP contribution in [0.4, 0.5) is 0 Å². The normalized spacial score (nSPS) is 33.0. The van der Waals surface area contributed by atoms with Gasteiger partial charge in [0.15, 0.2) is 12.0 Å². The Morgan fingerprint density at radius 1 is 1.28 bits per heavy atom. The number of nitrogens with zero attached hydrogens (tertiary/aromatic N) is 1. The van der Waals surface area contributed by atoms with E-state index in [9.17, 15) is 18.9 Å². The Morgan fingerprint density at radius 2 is 2.00 bits per heavy atom. The number of nitrogens with two attached hydrogens (primary N) is 1. The topological polar surface area (TPSA) is 144 Å². The van der Waals surface area contributed by atoms with E-state index in [0.29, 0.717) is 0 Å². The first-order valence-electron chi connectivity index (χ1n) is 11.8. The van der Waals surface area contributed by atoms with Crippen molar-refractivity contribution in [2.45, 2.75) is 69.6 Å². The molecule has 4 rings (SSSR count). The van der Waals surface area contributed by atoms with E-state index in [1.54, 1.807) is 20.8 Å². The second kappa shape index (κ2) is 10.5. The fourth-order valence-corrected chi connectivity index (χ4v) is 5.95. The number of rotatable bonds is 8. The molecule has 1 amide bonds. The smallest absolute Gasteiger partial charge is 0.463 e. The van der Waals surface area contributed by atoms with Crippen LogP contribution in [-0.2, 0) is 42.0 Å². The average Bonchev–Trinajstić information content (AvgIpc) is 3.06. The predicted octanol–water partition coefficient (Wildman–Crippen LogP) is 2.41. The molecule has 3 heterocycles. The van der Waals surface area contributed by atoms with Gasteiger partial charge in [-0.05, 0) is 38.8 Å². The lowest BCUT2D eigenvalue weighted by molar-refractivity contribution is -0.149. The fourth-order valence-electron chi connectivity index (χ4n) is 4.46. The molecule has 1 unspecified atom stereocenters. The van der Waals surface area contributed by atoms with Crippen LogP contribution in [0.5, 0.6) is 0 Å². The molecule has 12 heteroatoms. The van der Waals surface area contributed by atoms with E-state index < -0.39 is 49.6 Å². The van der Waals surface area contributed by atoms with E-state index in [-0.39, 0.29) is 37.9 Å². The van der Waals surface area contributed by atoms with Gasteiger partial charge in [-0.1, -0.05) is 30.3 Å². The summed E-state index contributed by atoms with van der Waals surface area (Å²) in [6.45, 7) is 4.90. The van der Waals surface area contributed by atoms with E-state index in [0.717, 1.165) is 5.56 Å². The molecule has 196 valence electrons. The van der Waals surface area contributed by atoms with Gasteiger partial charge in [-0.2, -0.15) is 0 Å². The number of hydrogen-bond acceptors (Lipinski definition) is 10. The summed E-state index contributed by atoms with van der Waals surface area (Å²) in [5, 5.41) is 0. The van der Waals surface area contributed by atoms with Crippen molar-refractivity contribution in [3.05, 3.63) is 48.2 Å². The Morgan fingerprint density at radius 3 is 2.67 bits per heavy atom. The maximum absolute atomic E-state index is 13.3. The van der Waals surface area contributed by atoms with Crippen molar-refractivity contribution >= 4 is 25.5 Å². The number of ketones is 1. The number of phosphoric ester groups is 1. The SMILES string of the molecule is CC(C)OC(=O)C(CCO[P@@]1(=O)OC[C@H]2O[C@@H](N3C=CC(=O)CC3=O)[C@](C)(N)[C@@H]2O1)c1ccccc1. The minimum atomic E-state index is -4.05. The average molecular weight is 522 g/mol. The van der Waals surface area contributed by atoms with Crippen molar-refractivity contribution < 1.29 is 42.0 Å². The first-order valence-corrected chi connectivity index (χ1v) is 13.3. The number of fused-ring (bicyclic) bond motifs is 1. The highest BCUT2D eigenvalue weighted by molar-refractivity contribution is 7.48. The van der Waals surface area contributed by atoms with Crippen LogP contribution in [0.3, 0.4) is 0 Å². The minimum Gasteiger partial charge on any atom is -0.463 e. The van der Waals surface area contributed by atoms with Crippen molar-refractivity contribution in [1.82, 2.24) is 4.90 Å². The van der Waals surface area contributed by atoms with Gasteiger partial charge in [0.25, 0.3) is 0 Å². The summed E-state index contributed by atoms with van der Waals surface area (Å²) in [5.74, 6) is -1.81. The molecule has 1 aromatic rings. The highest BCUT2D eigenvalue weighted by Crippen LogP contribution is 2.57. The standard InChI is InChI=1S/C24H31N2O9P/c1-15(2)33-22(29)18(16-7-5-4-6-8-16)10-12-31-36(30)32-14-19-21(35-36)24(3,25)23(34-19)26-11-9-17(27)13-20(26)28/h4-9,11,15,18-19,21,23H,10,12-14,25H2,1-3H3/t18?,19-,21-,23-,24-,36+/m1/s1. The lowest BCUT2D eigenvalue weighted by Crippen LogP contribution is -2.60. The second-order valence-electron chi connectivity index (χ2n) is 9.49. The third-order valence-corrected chi connectivity index (χ3v) is 7.66. The van der Waals surface area contributed by atoms with Crippen LogP contribution in [0, 0.1) is 0 Å². The van der Waals surface area contributed by atoms with Gasteiger partial charge < -0.3 is 15.2 Å². The Kier molecular flexibility index (Phi) is 7.80. The zero-order valence-corrected chi connectivity index (χ0v) is 21.3. The van der Waals surface area contributed by atoms with Gasteiger partial charge in [0.05, 0.1) is 37.2 Å². The fraction of sp³-hybridized carbons (Fsp3) is 0.542. The van der Waals surface area contributed by atoms with E-state index in [4.69, 9.17) is 28.8 Å². The summed E-state index contributed by atoms with van der Waals surface area (Å²) >= 11 is 0. The Hall–Kier alpha value is -2.40.